The lowest BCUT2D eigenvalue weighted by Crippen LogP contribution is -2.35. The smallest absolute Gasteiger partial charge is 0.146 e. The summed E-state index contributed by atoms with van der Waals surface area (Å²) in [6.45, 7) is 4.68. The molecule has 1 aromatic carbocycles. The van der Waals surface area contributed by atoms with Crippen LogP contribution in [-0.4, -0.2) is 47.6 Å². The number of aliphatic hydroxyl groups is 2. The van der Waals surface area contributed by atoms with E-state index in [1.54, 1.807) is 24.0 Å². The van der Waals surface area contributed by atoms with Crippen LogP contribution in [0.2, 0.25) is 0 Å². The Morgan fingerprint density at radius 1 is 1.17 bits per heavy atom. The van der Waals surface area contributed by atoms with Crippen LogP contribution in [0.5, 0.6) is 0 Å². The fourth-order valence-electron chi connectivity index (χ4n) is 3.01. The first-order valence-corrected chi connectivity index (χ1v) is 10.1. The molecule has 2 rings (SSSR count). The van der Waals surface area contributed by atoms with Gasteiger partial charge in [0.15, 0.2) is 0 Å². The summed E-state index contributed by atoms with van der Waals surface area (Å²) in [7, 11) is 0. The summed E-state index contributed by atoms with van der Waals surface area (Å²) in [6.07, 6.45) is 6.98. The van der Waals surface area contributed by atoms with E-state index in [9.17, 15) is 5.11 Å². The second-order valence-electron chi connectivity index (χ2n) is 6.99. The molecule has 0 saturated carbocycles. The normalized spacial score (nSPS) is 16.4. The van der Waals surface area contributed by atoms with Crippen molar-refractivity contribution in [3.8, 4) is 0 Å². The van der Waals surface area contributed by atoms with Crippen LogP contribution >= 0.6 is 0 Å². The van der Waals surface area contributed by atoms with Crippen molar-refractivity contribution in [1.82, 2.24) is 0 Å². The van der Waals surface area contributed by atoms with Gasteiger partial charge in [0.05, 0.1) is 36.0 Å². The van der Waals surface area contributed by atoms with Crippen molar-refractivity contribution >= 4 is 22.8 Å². The van der Waals surface area contributed by atoms with Gasteiger partial charge in [0.2, 0.25) is 0 Å². The second-order valence-corrected chi connectivity index (χ2v) is 6.99. The first kappa shape index (κ1) is 22.6. The van der Waals surface area contributed by atoms with E-state index < -0.39 is 6.23 Å². The van der Waals surface area contributed by atoms with Gasteiger partial charge in [-0.05, 0) is 43.7 Å². The molecule has 0 bridgehead atoms. The quantitative estimate of drug-likeness (QED) is 0.259. The number of rotatable bonds is 11. The highest BCUT2D eigenvalue weighted by Crippen LogP contribution is 2.23. The zero-order valence-electron chi connectivity index (χ0n) is 17.3. The van der Waals surface area contributed by atoms with Crippen molar-refractivity contribution < 1.29 is 14.9 Å². The monoisotopic (exact) mass is 400 g/mol. The van der Waals surface area contributed by atoms with Crippen LogP contribution in [0.4, 0.5) is 11.4 Å². The molecule has 0 amide bonds. The molecule has 0 heterocycles. The Kier molecular flexibility index (Phi) is 8.89. The predicted octanol–water partition coefficient (Wildman–Crippen LogP) is 3.25. The molecule has 158 valence electrons. The second kappa shape index (κ2) is 11.4. The van der Waals surface area contributed by atoms with Crippen LogP contribution in [0.1, 0.15) is 39.5 Å². The van der Waals surface area contributed by atoms with Crippen LogP contribution in [0.25, 0.3) is 0 Å². The largest absolute Gasteiger partial charge is 0.491 e. The Morgan fingerprint density at radius 2 is 1.90 bits per heavy atom. The van der Waals surface area contributed by atoms with Crippen molar-refractivity contribution in [3.05, 3.63) is 47.9 Å². The summed E-state index contributed by atoms with van der Waals surface area (Å²) in [5.41, 5.74) is 8.77. The van der Waals surface area contributed by atoms with E-state index in [1.165, 1.54) is 12.8 Å². The number of nitrogens with two attached hydrogens (primary N) is 1. The summed E-state index contributed by atoms with van der Waals surface area (Å²) in [5, 5.41) is 27.1. The predicted molar refractivity (Wildman–Crippen MR) is 118 cm³/mol. The third kappa shape index (κ3) is 6.73. The Labute approximate surface area is 172 Å². The van der Waals surface area contributed by atoms with Gasteiger partial charge < -0.3 is 25.6 Å². The average Bonchev–Trinajstić information content (AvgIpc) is 2.69. The molecular formula is C22H32N4O3. The zero-order valence-corrected chi connectivity index (χ0v) is 17.3. The van der Waals surface area contributed by atoms with E-state index in [2.05, 4.69) is 11.9 Å². The third-order valence-corrected chi connectivity index (χ3v) is 4.61. The molecule has 1 atom stereocenters. The van der Waals surface area contributed by atoms with Gasteiger partial charge in [0, 0.05) is 18.3 Å². The molecule has 0 saturated heterocycles. The number of unbranched alkanes of at least 4 members (excludes halogenated alkanes) is 3. The SMILES string of the molecule is CCCCCCOC1=CC(=Nc2ccc(N(CCO)C(C)O)cc2)C(N)=CC1=N. The summed E-state index contributed by atoms with van der Waals surface area (Å²) in [4.78, 5) is 6.26. The first-order valence-electron chi connectivity index (χ1n) is 10.1. The molecule has 1 unspecified atom stereocenters. The van der Waals surface area contributed by atoms with E-state index in [0.717, 1.165) is 18.5 Å². The Hall–Kier alpha value is -2.64. The fourth-order valence-corrected chi connectivity index (χ4v) is 3.01. The number of nitrogens with one attached hydrogen (secondary N) is 1. The lowest BCUT2D eigenvalue weighted by molar-refractivity contribution is 0.177. The maximum absolute atomic E-state index is 9.86. The van der Waals surface area contributed by atoms with Crippen molar-refractivity contribution in [1.29, 1.82) is 5.41 Å². The topological polar surface area (TPSA) is 115 Å². The van der Waals surface area contributed by atoms with E-state index in [-0.39, 0.29) is 12.3 Å². The van der Waals surface area contributed by atoms with Crippen molar-refractivity contribution in [2.75, 3.05) is 24.7 Å². The van der Waals surface area contributed by atoms with Gasteiger partial charge >= 0.3 is 0 Å². The minimum absolute atomic E-state index is 0.0474. The van der Waals surface area contributed by atoms with Crippen LogP contribution in [0.15, 0.2) is 52.9 Å². The molecule has 0 spiro atoms. The van der Waals surface area contributed by atoms with Crippen molar-refractivity contribution in [2.24, 2.45) is 10.7 Å². The van der Waals surface area contributed by atoms with Gasteiger partial charge in [-0.1, -0.05) is 26.2 Å². The maximum atomic E-state index is 9.86. The number of hydrogen-bond acceptors (Lipinski definition) is 7. The minimum Gasteiger partial charge on any atom is -0.491 e. The van der Waals surface area contributed by atoms with Crippen LogP contribution in [-0.2, 0) is 4.74 Å². The van der Waals surface area contributed by atoms with Gasteiger partial charge in [-0.15, -0.1) is 0 Å². The van der Waals surface area contributed by atoms with Crippen LogP contribution in [0, 0.1) is 5.41 Å². The number of anilines is 1. The number of ether oxygens (including phenoxy) is 1. The highest BCUT2D eigenvalue weighted by Gasteiger charge is 2.16. The molecule has 5 N–H and O–H groups in total. The number of aliphatic imine (C=N–C) groups is 1. The van der Waals surface area contributed by atoms with E-state index in [0.29, 0.717) is 36.0 Å². The molecule has 1 aliphatic carbocycles. The summed E-state index contributed by atoms with van der Waals surface area (Å²) in [6, 6.07) is 7.31. The molecule has 7 nitrogen and oxygen atoms in total. The lowest BCUT2D eigenvalue weighted by Gasteiger charge is -2.27. The fraction of sp³-hybridized carbons (Fsp3) is 0.455. The summed E-state index contributed by atoms with van der Waals surface area (Å²) < 4.78 is 5.76. The number of nitrogens with zero attached hydrogens (tertiary/aromatic N) is 2. The Morgan fingerprint density at radius 3 is 2.52 bits per heavy atom. The van der Waals surface area contributed by atoms with E-state index in [4.69, 9.17) is 21.0 Å². The molecule has 7 heteroatoms. The summed E-state index contributed by atoms with van der Waals surface area (Å²) in [5.74, 6) is 0.481. The number of benzene rings is 1. The lowest BCUT2D eigenvalue weighted by atomic mass is 10.1. The summed E-state index contributed by atoms with van der Waals surface area (Å²) >= 11 is 0. The number of allylic oxidation sites excluding steroid dienone is 2. The Balaban J connectivity index is 2.12. The molecule has 29 heavy (non-hydrogen) atoms. The van der Waals surface area contributed by atoms with E-state index >= 15 is 0 Å². The average molecular weight is 401 g/mol. The molecule has 0 fully saturated rings. The number of aliphatic hydroxyl groups excluding tert-OH is 2. The first-order chi connectivity index (χ1) is 14.0. The van der Waals surface area contributed by atoms with Gasteiger partial charge in [-0.3, -0.25) is 5.41 Å². The molecular weight excluding hydrogens is 368 g/mol. The van der Waals surface area contributed by atoms with Gasteiger partial charge in [0.1, 0.15) is 12.0 Å². The van der Waals surface area contributed by atoms with Gasteiger partial charge in [-0.2, -0.15) is 0 Å². The molecule has 0 aliphatic heterocycles. The highest BCUT2D eigenvalue weighted by molar-refractivity contribution is 6.22. The van der Waals surface area contributed by atoms with Crippen LogP contribution < -0.4 is 10.6 Å². The van der Waals surface area contributed by atoms with E-state index in [1.807, 2.05) is 24.3 Å². The highest BCUT2D eigenvalue weighted by atomic mass is 16.5. The number of hydrogen-bond donors (Lipinski definition) is 4. The van der Waals surface area contributed by atoms with Gasteiger partial charge in [0.25, 0.3) is 0 Å². The molecule has 1 aliphatic rings. The maximum Gasteiger partial charge on any atom is 0.146 e. The van der Waals surface area contributed by atoms with Gasteiger partial charge in [-0.25, -0.2) is 4.99 Å². The minimum atomic E-state index is -0.706. The standard InChI is InChI=1S/C22H32N4O3/c1-3-4-5-6-13-29-22-15-21(19(23)14-20(22)24)25-17-7-9-18(10-8-17)26(11-12-27)16(2)28/h7-10,14-16,24,27-28H,3-6,11-13,23H2,1-2H3. The molecule has 1 aromatic rings. The van der Waals surface area contributed by atoms with Crippen LogP contribution in [0.3, 0.4) is 0 Å². The van der Waals surface area contributed by atoms with Crippen molar-refractivity contribution in [2.45, 2.75) is 45.8 Å². The molecule has 0 radical (unpaired) electrons. The third-order valence-electron chi connectivity index (χ3n) is 4.61. The molecule has 0 aromatic heterocycles. The van der Waals surface area contributed by atoms with Crippen molar-refractivity contribution in [3.63, 3.8) is 0 Å². The Bertz CT molecular complexity index is 767. The zero-order chi connectivity index (χ0) is 21.2.